The monoisotopic (exact) mass is 217 g/mol. The van der Waals surface area contributed by atoms with Crippen LogP contribution in [0.3, 0.4) is 0 Å². The molecule has 1 fully saturated rings. The van der Waals surface area contributed by atoms with Crippen LogP contribution in [0.15, 0.2) is 0 Å². The Labute approximate surface area is 78.5 Å². The summed E-state index contributed by atoms with van der Waals surface area (Å²) in [6.07, 6.45) is -5.02. The van der Waals surface area contributed by atoms with Gasteiger partial charge in [0.05, 0.1) is 0 Å². The fourth-order valence-corrected chi connectivity index (χ4v) is 1.80. The van der Waals surface area contributed by atoms with Crippen LogP contribution in [-0.2, 0) is 0 Å². The summed E-state index contributed by atoms with van der Waals surface area (Å²) in [5, 5.41) is 0. The molecule has 0 atom stereocenters. The molecular weight excluding hydrogens is 205 g/mol. The predicted octanol–water partition coefficient (Wildman–Crippen LogP) is 2.85. The highest BCUT2D eigenvalue weighted by Crippen LogP contribution is 2.44. The summed E-state index contributed by atoms with van der Waals surface area (Å²) in [5.41, 5.74) is 4.13. The summed E-state index contributed by atoms with van der Waals surface area (Å²) in [6.45, 7) is 0. The molecule has 14 heavy (non-hydrogen) atoms. The van der Waals surface area contributed by atoms with Gasteiger partial charge in [-0.15, -0.1) is 0 Å². The lowest BCUT2D eigenvalue weighted by molar-refractivity contribution is -0.288. The van der Waals surface area contributed by atoms with E-state index in [9.17, 15) is 22.0 Å². The van der Waals surface area contributed by atoms with Gasteiger partial charge < -0.3 is 5.73 Å². The molecule has 1 saturated carbocycles. The van der Waals surface area contributed by atoms with Gasteiger partial charge in [0, 0.05) is 12.0 Å². The highest BCUT2D eigenvalue weighted by atomic mass is 19.4. The number of nitrogens with two attached hydrogens (primary N) is 1. The molecule has 6 heteroatoms. The molecule has 1 rings (SSSR count). The smallest absolute Gasteiger partial charge is 0.325 e. The van der Waals surface area contributed by atoms with Crippen LogP contribution >= 0.6 is 0 Å². The average molecular weight is 217 g/mol. The topological polar surface area (TPSA) is 26.0 Å². The Morgan fingerprint density at radius 2 is 1.43 bits per heavy atom. The first-order valence-electron chi connectivity index (χ1n) is 4.40. The van der Waals surface area contributed by atoms with Crippen LogP contribution in [0.1, 0.15) is 32.1 Å². The molecule has 2 N–H and O–H groups in total. The van der Waals surface area contributed by atoms with Crippen LogP contribution in [0.25, 0.3) is 0 Å². The summed E-state index contributed by atoms with van der Waals surface area (Å²) in [7, 11) is 0. The molecule has 0 heterocycles. The van der Waals surface area contributed by atoms with Gasteiger partial charge in [0.25, 0.3) is 0 Å². The van der Waals surface area contributed by atoms with Crippen LogP contribution < -0.4 is 5.73 Å². The minimum atomic E-state index is -5.48. The van der Waals surface area contributed by atoms with Gasteiger partial charge in [0.1, 0.15) is 0 Å². The Morgan fingerprint density at radius 3 is 1.79 bits per heavy atom. The van der Waals surface area contributed by atoms with Crippen molar-refractivity contribution < 1.29 is 22.0 Å². The van der Waals surface area contributed by atoms with Crippen molar-refractivity contribution in [3.05, 3.63) is 0 Å². The van der Waals surface area contributed by atoms with Crippen LogP contribution in [0.5, 0.6) is 0 Å². The predicted molar refractivity (Wildman–Crippen MR) is 41.0 cm³/mol. The maximum Gasteiger partial charge on any atom is 0.453 e. The molecule has 0 radical (unpaired) electrons. The van der Waals surface area contributed by atoms with E-state index in [2.05, 4.69) is 0 Å². The van der Waals surface area contributed by atoms with Gasteiger partial charge in [-0.1, -0.05) is 12.8 Å². The van der Waals surface area contributed by atoms with Crippen LogP contribution in [0.4, 0.5) is 22.0 Å². The lowest BCUT2D eigenvalue weighted by atomic mass is 9.91. The first-order valence-corrected chi connectivity index (χ1v) is 4.40. The maximum absolute atomic E-state index is 12.6. The van der Waals surface area contributed by atoms with Gasteiger partial charge in [-0.3, -0.25) is 0 Å². The van der Waals surface area contributed by atoms with E-state index in [-0.39, 0.29) is 12.8 Å². The van der Waals surface area contributed by atoms with Gasteiger partial charge in [0.2, 0.25) is 0 Å². The van der Waals surface area contributed by atoms with Crippen LogP contribution in [0, 0.1) is 0 Å². The first-order chi connectivity index (χ1) is 6.16. The summed E-state index contributed by atoms with van der Waals surface area (Å²) in [5.74, 6) is -4.66. The standard InChI is InChI=1S/C8H12F5N/c9-7(10,8(11,12)13)5-6(14)3-1-2-4-6/h1-5,14H2. The summed E-state index contributed by atoms with van der Waals surface area (Å²) >= 11 is 0. The summed E-state index contributed by atoms with van der Waals surface area (Å²) in [6, 6.07) is 0. The Hall–Kier alpha value is -0.390. The number of hydrogen-bond acceptors (Lipinski definition) is 1. The zero-order valence-corrected chi connectivity index (χ0v) is 7.50. The van der Waals surface area contributed by atoms with E-state index in [4.69, 9.17) is 5.73 Å². The highest BCUT2D eigenvalue weighted by Gasteiger charge is 2.60. The van der Waals surface area contributed by atoms with Crippen molar-refractivity contribution in [3.8, 4) is 0 Å². The first kappa shape index (κ1) is 11.7. The van der Waals surface area contributed by atoms with Crippen molar-refractivity contribution >= 4 is 0 Å². The molecule has 0 aromatic heterocycles. The third-order valence-electron chi connectivity index (χ3n) is 2.59. The zero-order valence-electron chi connectivity index (χ0n) is 7.50. The van der Waals surface area contributed by atoms with Gasteiger partial charge in [-0.2, -0.15) is 22.0 Å². The zero-order chi connectivity index (χ0) is 11.0. The third-order valence-corrected chi connectivity index (χ3v) is 2.59. The molecule has 0 aromatic carbocycles. The number of rotatable bonds is 2. The molecule has 0 amide bonds. The van der Waals surface area contributed by atoms with Crippen molar-refractivity contribution in [2.75, 3.05) is 0 Å². The summed E-state index contributed by atoms with van der Waals surface area (Å²) in [4.78, 5) is 0. The molecule has 1 aliphatic rings. The molecule has 0 unspecified atom stereocenters. The van der Waals surface area contributed by atoms with Gasteiger partial charge in [0.15, 0.2) is 0 Å². The quantitative estimate of drug-likeness (QED) is 0.707. The molecule has 0 bridgehead atoms. The second-order valence-corrected chi connectivity index (χ2v) is 3.95. The number of hydrogen-bond donors (Lipinski definition) is 1. The lowest BCUT2D eigenvalue weighted by Gasteiger charge is -2.29. The van der Waals surface area contributed by atoms with E-state index in [1.807, 2.05) is 0 Å². The largest absolute Gasteiger partial charge is 0.453 e. The van der Waals surface area contributed by atoms with E-state index in [1.54, 1.807) is 0 Å². The Kier molecular flexibility index (Phi) is 2.77. The molecule has 84 valence electrons. The average Bonchev–Trinajstić information content (AvgIpc) is 2.31. The number of halogens is 5. The minimum absolute atomic E-state index is 0.249. The van der Waals surface area contributed by atoms with Crippen molar-refractivity contribution in [3.63, 3.8) is 0 Å². The normalized spacial score (nSPS) is 22.7. The Bertz CT molecular complexity index is 204. The molecule has 1 aliphatic carbocycles. The van der Waals surface area contributed by atoms with E-state index in [0.717, 1.165) is 0 Å². The Morgan fingerprint density at radius 1 is 1.00 bits per heavy atom. The summed E-state index contributed by atoms with van der Waals surface area (Å²) < 4.78 is 60.8. The van der Waals surface area contributed by atoms with Crippen molar-refractivity contribution in [1.29, 1.82) is 0 Å². The van der Waals surface area contributed by atoms with E-state index in [0.29, 0.717) is 12.8 Å². The molecule has 0 aromatic rings. The fraction of sp³-hybridized carbons (Fsp3) is 1.00. The van der Waals surface area contributed by atoms with Crippen molar-refractivity contribution in [1.82, 2.24) is 0 Å². The molecule has 0 spiro atoms. The lowest BCUT2D eigenvalue weighted by Crippen LogP contribution is -2.48. The van der Waals surface area contributed by atoms with Gasteiger partial charge in [-0.25, -0.2) is 0 Å². The molecule has 1 nitrogen and oxygen atoms in total. The van der Waals surface area contributed by atoms with E-state index >= 15 is 0 Å². The Balaban J connectivity index is 2.67. The maximum atomic E-state index is 12.6. The molecular formula is C8H12F5N. The molecule has 0 saturated heterocycles. The second-order valence-electron chi connectivity index (χ2n) is 3.95. The van der Waals surface area contributed by atoms with E-state index < -0.39 is 24.1 Å². The minimum Gasteiger partial charge on any atom is -0.325 e. The highest BCUT2D eigenvalue weighted by molar-refractivity contribution is 4.95. The van der Waals surface area contributed by atoms with Gasteiger partial charge >= 0.3 is 12.1 Å². The SMILES string of the molecule is NC1(CC(F)(F)C(F)(F)F)CCCC1. The van der Waals surface area contributed by atoms with Gasteiger partial charge in [-0.05, 0) is 12.8 Å². The second kappa shape index (κ2) is 3.32. The van der Waals surface area contributed by atoms with E-state index in [1.165, 1.54) is 0 Å². The number of alkyl halides is 5. The third kappa shape index (κ3) is 2.34. The fourth-order valence-electron chi connectivity index (χ4n) is 1.80. The molecule has 0 aliphatic heterocycles. The van der Waals surface area contributed by atoms with Crippen LogP contribution in [-0.4, -0.2) is 17.6 Å². The van der Waals surface area contributed by atoms with Crippen LogP contribution in [0.2, 0.25) is 0 Å². The van der Waals surface area contributed by atoms with Crippen molar-refractivity contribution in [2.45, 2.75) is 49.7 Å². The van der Waals surface area contributed by atoms with Crippen molar-refractivity contribution in [2.24, 2.45) is 5.73 Å².